The van der Waals surface area contributed by atoms with E-state index < -0.39 is 11.9 Å². The average molecular weight is 559 g/mol. The van der Waals surface area contributed by atoms with Gasteiger partial charge in [0.15, 0.2) is 0 Å². The lowest BCUT2D eigenvalue weighted by molar-refractivity contribution is -0.119. The quantitative estimate of drug-likeness (QED) is 0.230. The smallest absolute Gasteiger partial charge is 0.338 e. The predicted molar refractivity (Wildman–Crippen MR) is 157 cm³/mol. The van der Waals surface area contributed by atoms with E-state index in [1.54, 1.807) is 61.3 Å². The molecule has 0 fully saturated rings. The van der Waals surface area contributed by atoms with Gasteiger partial charge in [0.25, 0.3) is 0 Å². The van der Waals surface area contributed by atoms with Crippen molar-refractivity contribution >= 4 is 40.6 Å². The van der Waals surface area contributed by atoms with Crippen LogP contribution in [0.2, 0.25) is 0 Å². The van der Waals surface area contributed by atoms with E-state index in [0.717, 1.165) is 5.56 Å². The molecule has 10 nitrogen and oxygen atoms in total. The molecule has 10 heteroatoms. The first-order valence-corrected chi connectivity index (χ1v) is 13.4. The molecule has 3 aromatic rings. The van der Waals surface area contributed by atoms with Crippen LogP contribution in [-0.4, -0.2) is 85.1 Å². The molecule has 0 saturated heterocycles. The second kappa shape index (κ2) is 13.8. The number of nitrogens with zero attached hydrogens (tertiary/aromatic N) is 3. The number of carbonyl (C=O) groups excluding carboxylic acids is 3. The number of aliphatic imine (C=N–C) groups is 1. The molecule has 0 aromatic heterocycles. The number of anilines is 2. The molecule has 2 amide bonds. The number of rotatable bonds is 12. The number of esters is 1. The van der Waals surface area contributed by atoms with Crippen LogP contribution in [0, 0.1) is 0 Å². The number of aliphatic hydroxyl groups is 2. The summed E-state index contributed by atoms with van der Waals surface area (Å²) in [5, 5.41) is 21.3. The highest BCUT2D eigenvalue weighted by Gasteiger charge is 2.36. The van der Waals surface area contributed by atoms with Crippen LogP contribution < -0.4 is 10.2 Å². The predicted octanol–water partition coefficient (Wildman–Crippen LogP) is 2.97. The highest BCUT2D eigenvalue weighted by molar-refractivity contribution is 6.24. The number of carbonyl (C=O) groups is 3. The first kappa shape index (κ1) is 29.6. The summed E-state index contributed by atoms with van der Waals surface area (Å²) in [4.78, 5) is 46.4. The van der Waals surface area contributed by atoms with Crippen LogP contribution in [0.15, 0.2) is 77.8 Å². The van der Waals surface area contributed by atoms with Crippen molar-refractivity contribution in [1.29, 1.82) is 0 Å². The summed E-state index contributed by atoms with van der Waals surface area (Å²) < 4.78 is 5.10. The molecule has 1 aliphatic heterocycles. The molecule has 4 rings (SSSR count). The number of benzene rings is 3. The van der Waals surface area contributed by atoms with Gasteiger partial charge in [-0.25, -0.2) is 4.79 Å². The zero-order valence-electron chi connectivity index (χ0n) is 23.1. The van der Waals surface area contributed by atoms with Gasteiger partial charge in [0.2, 0.25) is 11.8 Å². The number of likely N-dealkylation sites (N-methyl/N-ethyl adjacent to an activating group) is 1. The highest BCUT2D eigenvalue weighted by Crippen LogP contribution is 2.37. The molecular weight excluding hydrogens is 524 g/mol. The Morgan fingerprint density at radius 1 is 0.951 bits per heavy atom. The molecular formula is C31H34N4O6. The second-order valence-corrected chi connectivity index (χ2v) is 9.50. The minimum atomic E-state index is -0.698. The van der Waals surface area contributed by atoms with Gasteiger partial charge >= 0.3 is 5.97 Å². The molecule has 1 unspecified atom stereocenters. The van der Waals surface area contributed by atoms with Crippen LogP contribution in [0.4, 0.5) is 17.1 Å². The maximum Gasteiger partial charge on any atom is 0.338 e. The van der Waals surface area contributed by atoms with E-state index in [1.165, 1.54) is 4.90 Å². The summed E-state index contributed by atoms with van der Waals surface area (Å²) in [5.41, 5.74) is 4.18. The summed E-state index contributed by atoms with van der Waals surface area (Å²) in [5.74, 6) is -1.59. The first-order chi connectivity index (χ1) is 19.9. The Hall–Kier alpha value is -4.38. The van der Waals surface area contributed by atoms with Crippen molar-refractivity contribution in [1.82, 2.24) is 4.90 Å². The van der Waals surface area contributed by atoms with Gasteiger partial charge in [-0.05, 0) is 54.4 Å². The van der Waals surface area contributed by atoms with Crippen molar-refractivity contribution < 1.29 is 29.3 Å². The Labute approximate surface area is 238 Å². The van der Waals surface area contributed by atoms with E-state index in [-0.39, 0.29) is 51.3 Å². The third kappa shape index (κ3) is 7.04. The second-order valence-electron chi connectivity index (χ2n) is 9.50. The monoisotopic (exact) mass is 558 g/mol. The minimum Gasteiger partial charge on any atom is -0.462 e. The van der Waals surface area contributed by atoms with Crippen molar-refractivity contribution in [3.63, 3.8) is 0 Å². The van der Waals surface area contributed by atoms with Gasteiger partial charge in [-0.15, -0.1) is 0 Å². The van der Waals surface area contributed by atoms with Crippen molar-refractivity contribution in [2.75, 3.05) is 56.7 Å². The standard InChI is InChI=1S/C31H34N4O6/c1-3-41-31(40)22-9-14-25-26(19-22)33-30(39)28(25)29(21-7-5-4-6-8-21)32-23-10-12-24(13-11-23)34(2)27(38)20-35(15-17-36)16-18-37/h4-14,19,28,36-37H,3,15-18,20H2,1-2H3,(H,33,39). The zero-order chi connectivity index (χ0) is 29.4. The van der Waals surface area contributed by atoms with Crippen LogP contribution in [0.25, 0.3) is 0 Å². The Morgan fingerprint density at radius 3 is 2.27 bits per heavy atom. The van der Waals surface area contributed by atoms with E-state index in [4.69, 9.17) is 9.73 Å². The molecule has 0 bridgehead atoms. The molecule has 0 saturated carbocycles. The summed E-state index contributed by atoms with van der Waals surface area (Å²) in [6, 6.07) is 21.6. The van der Waals surface area contributed by atoms with E-state index in [2.05, 4.69) is 5.32 Å². The van der Waals surface area contributed by atoms with E-state index in [0.29, 0.717) is 33.9 Å². The number of nitrogens with one attached hydrogen (secondary N) is 1. The molecule has 1 heterocycles. The van der Waals surface area contributed by atoms with Crippen LogP contribution in [-0.2, 0) is 14.3 Å². The number of aliphatic hydroxyl groups excluding tert-OH is 2. The fourth-order valence-electron chi connectivity index (χ4n) is 4.66. The number of amides is 2. The van der Waals surface area contributed by atoms with Crippen molar-refractivity contribution in [2.45, 2.75) is 12.8 Å². The average Bonchev–Trinajstić information content (AvgIpc) is 3.31. The third-order valence-electron chi connectivity index (χ3n) is 6.79. The van der Waals surface area contributed by atoms with Gasteiger partial charge in [0, 0.05) is 31.5 Å². The fourth-order valence-corrected chi connectivity index (χ4v) is 4.66. The van der Waals surface area contributed by atoms with Gasteiger partial charge < -0.3 is 25.2 Å². The molecule has 0 aliphatic carbocycles. The summed E-state index contributed by atoms with van der Waals surface area (Å²) in [6.07, 6.45) is 0. The third-order valence-corrected chi connectivity index (χ3v) is 6.79. The molecule has 214 valence electrons. The fraction of sp³-hybridized carbons (Fsp3) is 0.290. The molecule has 0 spiro atoms. The molecule has 3 N–H and O–H groups in total. The normalized spacial score (nSPS) is 14.5. The van der Waals surface area contributed by atoms with Crippen LogP contribution in [0.3, 0.4) is 0 Å². The lowest BCUT2D eigenvalue weighted by Gasteiger charge is -2.24. The lowest BCUT2D eigenvalue weighted by atomic mass is 9.90. The molecule has 3 aromatic carbocycles. The van der Waals surface area contributed by atoms with Gasteiger partial charge in [0.1, 0.15) is 5.92 Å². The van der Waals surface area contributed by atoms with Gasteiger partial charge in [0.05, 0.1) is 43.3 Å². The van der Waals surface area contributed by atoms with Gasteiger partial charge in [-0.3, -0.25) is 19.5 Å². The molecule has 1 atom stereocenters. The largest absolute Gasteiger partial charge is 0.462 e. The van der Waals surface area contributed by atoms with Crippen LogP contribution in [0.5, 0.6) is 0 Å². The maximum atomic E-state index is 13.3. The number of hydrogen-bond donors (Lipinski definition) is 3. The SMILES string of the molecule is CCOC(=O)c1ccc2c(c1)NC(=O)C2C(=Nc1ccc(N(C)C(=O)CN(CCO)CCO)cc1)c1ccccc1. The maximum absolute atomic E-state index is 13.3. The highest BCUT2D eigenvalue weighted by atomic mass is 16.5. The van der Waals surface area contributed by atoms with Gasteiger partial charge in [-0.1, -0.05) is 36.4 Å². The van der Waals surface area contributed by atoms with Crippen LogP contribution in [0.1, 0.15) is 34.3 Å². The summed E-state index contributed by atoms with van der Waals surface area (Å²) in [6.45, 7) is 2.41. The topological polar surface area (TPSA) is 132 Å². The Morgan fingerprint density at radius 2 is 1.63 bits per heavy atom. The number of fused-ring (bicyclic) bond motifs is 1. The molecule has 41 heavy (non-hydrogen) atoms. The van der Waals surface area contributed by atoms with Crippen molar-refractivity contribution in [3.8, 4) is 0 Å². The van der Waals surface area contributed by atoms with E-state index in [9.17, 15) is 24.6 Å². The van der Waals surface area contributed by atoms with E-state index >= 15 is 0 Å². The Kier molecular flexibility index (Phi) is 9.96. The van der Waals surface area contributed by atoms with Gasteiger partial charge in [-0.2, -0.15) is 0 Å². The number of ether oxygens (including phenoxy) is 1. The lowest BCUT2D eigenvalue weighted by Crippen LogP contribution is -2.40. The Balaban J connectivity index is 1.62. The summed E-state index contributed by atoms with van der Waals surface area (Å²) in [7, 11) is 1.66. The molecule has 1 aliphatic rings. The van der Waals surface area contributed by atoms with E-state index in [1.807, 2.05) is 30.3 Å². The van der Waals surface area contributed by atoms with Crippen molar-refractivity contribution in [3.05, 3.63) is 89.5 Å². The number of hydrogen-bond acceptors (Lipinski definition) is 8. The minimum absolute atomic E-state index is 0.0593. The van der Waals surface area contributed by atoms with Crippen LogP contribution >= 0.6 is 0 Å². The zero-order valence-corrected chi connectivity index (χ0v) is 23.1. The Bertz CT molecular complexity index is 1400. The first-order valence-electron chi connectivity index (χ1n) is 13.4. The van der Waals surface area contributed by atoms with Crippen molar-refractivity contribution in [2.24, 2.45) is 4.99 Å². The molecule has 0 radical (unpaired) electrons. The summed E-state index contributed by atoms with van der Waals surface area (Å²) >= 11 is 0.